The molecule has 0 spiro atoms. The van der Waals surface area contributed by atoms with Gasteiger partial charge < -0.3 is 19.0 Å². The number of rotatable bonds is 10. The molecule has 1 aromatic heterocycles. The normalized spacial score (nSPS) is 19.1. The summed E-state index contributed by atoms with van der Waals surface area (Å²) < 4.78 is 17.0. The van der Waals surface area contributed by atoms with Crippen molar-refractivity contribution in [3.05, 3.63) is 17.8 Å². The van der Waals surface area contributed by atoms with Gasteiger partial charge in [-0.1, -0.05) is 13.3 Å². The van der Waals surface area contributed by atoms with E-state index in [4.69, 9.17) is 19.0 Å². The van der Waals surface area contributed by atoms with E-state index >= 15 is 0 Å². The number of carboxylic acid groups (broad SMARTS) is 1. The van der Waals surface area contributed by atoms with Gasteiger partial charge in [0.05, 0.1) is 12.3 Å². The summed E-state index contributed by atoms with van der Waals surface area (Å²) in [4.78, 5) is 41.7. The molecule has 9 nitrogen and oxygen atoms in total. The summed E-state index contributed by atoms with van der Waals surface area (Å²) in [5, 5.41) is 8.65. The summed E-state index contributed by atoms with van der Waals surface area (Å²) in [6, 6.07) is -0.522. The van der Waals surface area contributed by atoms with Gasteiger partial charge >= 0.3 is 12.1 Å². The van der Waals surface area contributed by atoms with Crippen LogP contribution in [0, 0.1) is 0 Å². The zero-order valence-electron chi connectivity index (χ0n) is 20.0. The number of carbonyl (C=O) groups is 3. The number of Topliss-reactive ketones (excluding diaryl/α,β-unsaturated/α-hetero) is 1. The molecule has 1 aliphatic rings. The summed E-state index contributed by atoms with van der Waals surface area (Å²) in [5.74, 6) is -0.486. The van der Waals surface area contributed by atoms with Crippen LogP contribution in [-0.4, -0.2) is 50.8 Å². The molecular formula is C23H36N2O7. The zero-order chi connectivity index (χ0) is 24.1. The maximum atomic E-state index is 12.8. The molecule has 1 fully saturated rings. The number of ether oxygens (including phenoxy) is 2. The van der Waals surface area contributed by atoms with Gasteiger partial charge in [-0.05, 0) is 47.5 Å². The van der Waals surface area contributed by atoms with Crippen LogP contribution in [0.1, 0.15) is 104 Å². The molecule has 1 amide bonds. The van der Waals surface area contributed by atoms with Gasteiger partial charge in [0, 0.05) is 25.2 Å². The van der Waals surface area contributed by atoms with E-state index in [0.29, 0.717) is 37.3 Å². The predicted molar refractivity (Wildman–Crippen MR) is 116 cm³/mol. The molecule has 32 heavy (non-hydrogen) atoms. The number of aliphatic carboxylic acids is 1. The van der Waals surface area contributed by atoms with Crippen LogP contribution >= 0.6 is 0 Å². The lowest BCUT2D eigenvalue weighted by molar-refractivity contribution is -0.137. The highest BCUT2D eigenvalue weighted by Gasteiger charge is 2.48. The maximum Gasteiger partial charge on any atom is 0.413 e. The van der Waals surface area contributed by atoms with Gasteiger partial charge in [-0.25, -0.2) is 9.78 Å². The number of carboxylic acids is 1. The number of amides is 1. The second-order valence-corrected chi connectivity index (χ2v) is 9.83. The Balaban J connectivity index is 1.97. The van der Waals surface area contributed by atoms with Crippen molar-refractivity contribution in [2.45, 2.75) is 103 Å². The first kappa shape index (κ1) is 25.8. The minimum absolute atomic E-state index is 0.109. The summed E-state index contributed by atoms with van der Waals surface area (Å²) in [6.07, 6.45) is 3.89. The smallest absolute Gasteiger partial charge is 0.413 e. The third-order valence-corrected chi connectivity index (χ3v) is 5.29. The molecule has 2 atom stereocenters. The van der Waals surface area contributed by atoms with Gasteiger partial charge in [0.15, 0.2) is 0 Å². The minimum atomic E-state index is -0.871. The molecule has 1 aromatic rings. The Kier molecular flexibility index (Phi) is 8.45. The Morgan fingerprint density at radius 3 is 2.53 bits per heavy atom. The molecule has 0 bridgehead atoms. The van der Waals surface area contributed by atoms with E-state index in [1.165, 1.54) is 11.2 Å². The number of aromatic nitrogens is 1. The van der Waals surface area contributed by atoms with E-state index in [2.05, 4.69) is 4.98 Å². The monoisotopic (exact) mass is 452 g/mol. The van der Waals surface area contributed by atoms with E-state index in [-0.39, 0.29) is 24.7 Å². The Morgan fingerprint density at radius 2 is 1.91 bits per heavy atom. The SMILES string of the molecule is CC(CC(=O)CCCCCC(=O)O)c1coc(C2COC(C)(C)N2C(=O)OC(C)(C)C)n1. The topological polar surface area (TPSA) is 119 Å². The van der Waals surface area contributed by atoms with Gasteiger partial charge in [-0.3, -0.25) is 14.5 Å². The minimum Gasteiger partial charge on any atom is -0.481 e. The maximum absolute atomic E-state index is 12.8. The number of nitrogens with zero attached hydrogens (tertiary/aromatic N) is 2. The van der Waals surface area contributed by atoms with Crippen LogP contribution in [0.2, 0.25) is 0 Å². The lowest BCUT2D eigenvalue weighted by Gasteiger charge is -2.34. The molecule has 0 saturated carbocycles. The van der Waals surface area contributed by atoms with Crippen LogP contribution in [-0.2, 0) is 19.1 Å². The summed E-state index contributed by atoms with van der Waals surface area (Å²) >= 11 is 0. The molecule has 2 unspecified atom stereocenters. The Labute approximate surface area is 189 Å². The lowest BCUT2D eigenvalue weighted by atomic mass is 9.98. The molecule has 9 heteroatoms. The Morgan fingerprint density at radius 1 is 1.25 bits per heavy atom. The quantitative estimate of drug-likeness (QED) is 0.502. The molecule has 2 rings (SSSR count). The van der Waals surface area contributed by atoms with E-state index in [1.807, 2.05) is 6.92 Å². The summed E-state index contributed by atoms with van der Waals surface area (Å²) in [5.41, 5.74) is -0.873. The number of unbranched alkanes of at least 4 members (excludes halogenated alkanes) is 2. The van der Waals surface area contributed by atoms with Gasteiger partial charge in [0.25, 0.3) is 0 Å². The molecule has 2 heterocycles. The van der Waals surface area contributed by atoms with E-state index in [1.54, 1.807) is 34.6 Å². The van der Waals surface area contributed by atoms with Crippen molar-refractivity contribution >= 4 is 17.8 Å². The van der Waals surface area contributed by atoms with Gasteiger partial charge in [-0.15, -0.1) is 0 Å². The molecule has 0 aliphatic carbocycles. The van der Waals surface area contributed by atoms with Crippen LogP contribution in [0.3, 0.4) is 0 Å². The first-order valence-corrected chi connectivity index (χ1v) is 11.2. The van der Waals surface area contributed by atoms with E-state index < -0.39 is 29.4 Å². The van der Waals surface area contributed by atoms with E-state index in [0.717, 1.165) is 6.42 Å². The highest BCUT2D eigenvalue weighted by Crippen LogP contribution is 2.38. The van der Waals surface area contributed by atoms with Crippen molar-refractivity contribution in [2.24, 2.45) is 0 Å². The Bertz CT molecular complexity index is 810. The average molecular weight is 453 g/mol. The second-order valence-electron chi connectivity index (χ2n) is 9.83. The highest BCUT2D eigenvalue weighted by atomic mass is 16.6. The summed E-state index contributed by atoms with van der Waals surface area (Å²) in [6.45, 7) is 11.1. The average Bonchev–Trinajstić information content (AvgIpc) is 3.23. The van der Waals surface area contributed by atoms with Crippen molar-refractivity contribution in [1.82, 2.24) is 9.88 Å². The zero-order valence-corrected chi connectivity index (χ0v) is 20.0. The van der Waals surface area contributed by atoms with E-state index in [9.17, 15) is 14.4 Å². The number of hydrogen-bond donors (Lipinski definition) is 1. The third-order valence-electron chi connectivity index (χ3n) is 5.29. The molecule has 1 N–H and O–H groups in total. The Hall–Kier alpha value is -2.42. The van der Waals surface area contributed by atoms with Gasteiger partial charge in [-0.2, -0.15) is 0 Å². The van der Waals surface area contributed by atoms with Crippen molar-refractivity contribution in [2.75, 3.05) is 6.61 Å². The predicted octanol–water partition coefficient (Wildman–Crippen LogP) is 4.82. The first-order valence-electron chi connectivity index (χ1n) is 11.2. The highest BCUT2D eigenvalue weighted by molar-refractivity contribution is 5.79. The molecule has 1 aliphatic heterocycles. The fourth-order valence-electron chi connectivity index (χ4n) is 3.65. The fraction of sp³-hybridized carbons (Fsp3) is 0.739. The standard InChI is InChI=1S/C23H36N2O7/c1-15(12-16(26)10-8-7-9-11-19(27)28)17-13-30-20(24-17)18-14-31-23(5,6)25(18)21(29)32-22(2,3)4/h13,15,18H,7-12,14H2,1-6H3,(H,27,28). The van der Waals surface area contributed by atoms with Crippen molar-refractivity contribution in [3.8, 4) is 0 Å². The largest absolute Gasteiger partial charge is 0.481 e. The number of hydrogen-bond acceptors (Lipinski definition) is 7. The molecule has 1 saturated heterocycles. The third kappa shape index (κ3) is 7.32. The molecule has 0 radical (unpaired) electrons. The summed E-state index contributed by atoms with van der Waals surface area (Å²) in [7, 11) is 0. The molecule has 0 aromatic carbocycles. The van der Waals surface area contributed by atoms with Crippen molar-refractivity contribution < 1.29 is 33.4 Å². The van der Waals surface area contributed by atoms with Gasteiger partial charge in [0.2, 0.25) is 5.89 Å². The molecule has 180 valence electrons. The lowest BCUT2D eigenvalue weighted by Crippen LogP contribution is -2.47. The van der Waals surface area contributed by atoms with Crippen LogP contribution in [0.5, 0.6) is 0 Å². The second kappa shape index (κ2) is 10.5. The number of oxazole rings is 1. The van der Waals surface area contributed by atoms with Crippen LogP contribution in [0.4, 0.5) is 4.79 Å². The number of carbonyl (C=O) groups excluding carboxylic acids is 2. The van der Waals surface area contributed by atoms with Gasteiger partial charge in [0.1, 0.15) is 29.4 Å². The van der Waals surface area contributed by atoms with Crippen molar-refractivity contribution in [3.63, 3.8) is 0 Å². The van der Waals surface area contributed by atoms with Crippen LogP contribution in [0.15, 0.2) is 10.7 Å². The number of ketones is 1. The van der Waals surface area contributed by atoms with Crippen LogP contribution in [0.25, 0.3) is 0 Å². The molecular weight excluding hydrogens is 416 g/mol. The fourth-order valence-corrected chi connectivity index (χ4v) is 3.65. The first-order chi connectivity index (χ1) is 14.8. The van der Waals surface area contributed by atoms with Crippen molar-refractivity contribution in [1.29, 1.82) is 0 Å². The van der Waals surface area contributed by atoms with Crippen LogP contribution < -0.4 is 0 Å².